The van der Waals surface area contributed by atoms with Crippen LogP contribution in [0, 0.1) is 0 Å². The summed E-state index contributed by atoms with van der Waals surface area (Å²) in [6.45, 7) is 5.02. The van der Waals surface area contributed by atoms with Crippen molar-refractivity contribution in [1.82, 2.24) is 0 Å². The van der Waals surface area contributed by atoms with Gasteiger partial charge in [-0.05, 0) is 55.7 Å². The lowest BCUT2D eigenvalue weighted by Crippen LogP contribution is -2.36. The van der Waals surface area contributed by atoms with Gasteiger partial charge in [-0.3, -0.25) is 4.79 Å². The Labute approximate surface area is 154 Å². The number of ether oxygens (including phenoxy) is 2. The van der Waals surface area contributed by atoms with E-state index in [9.17, 15) is 4.79 Å². The normalized spacial score (nSPS) is 13.2. The van der Waals surface area contributed by atoms with E-state index in [1.807, 2.05) is 37.3 Å². The summed E-state index contributed by atoms with van der Waals surface area (Å²) in [5, 5.41) is 2.96. The van der Waals surface area contributed by atoms with Crippen molar-refractivity contribution in [3.63, 3.8) is 0 Å². The number of hydrogen-bond donors (Lipinski definition) is 1. The minimum absolute atomic E-state index is 0.00767. The van der Waals surface area contributed by atoms with Gasteiger partial charge in [-0.25, -0.2) is 0 Å². The van der Waals surface area contributed by atoms with Crippen molar-refractivity contribution in [2.24, 2.45) is 0 Å². The van der Waals surface area contributed by atoms with E-state index >= 15 is 0 Å². The van der Waals surface area contributed by atoms with Gasteiger partial charge in [0.1, 0.15) is 12.4 Å². The molecule has 0 saturated carbocycles. The van der Waals surface area contributed by atoms with Crippen molar-refractivity contribution in [3.8, 4) is 5.75 Å². The number of para-hydroxylation sites is 1. The molecule has 0 fully saturated rings. The quantitative estimate of drug-likeness (QED) is 0.737. The summed E-state index contributed by atoms with van der Waals surface area (Å²) in [7, 11) is 0. The molecule has 0 aliphatic carbocycles. The standard InChI is InChI=1S/C21H26N2O3/c1-2-25-14-15-26-19-11-9-18(10-12-19)22-21(24)16-23-13-5-7-17-6-3-4-8-20(17)23/h3-4,6,8-12H,2,5,7,13-16H2,1H3,(H,22,24). The molecule has 5 heteroatoms. The van der Waals surface area contributed by atoms with Gasteiger partial charge in [0.15, 0.2) is 0 Å². The number of hydrogen-bond acceptors (Lipinski definition) is 4. The fourth-order valence-corrected chi connectivity index (χ4v) is 3.15. The zero-order valence-electron chi connectivity index (χ0n) is 15.2. The van der Waals surface area contributed by atoms with Crippen molar-refractivity contribution >= 4 is 17.3 Å². The van der Waals surface area contributed by atoms with Gasteiger partial charge in [0.25, 0.3) is 0 Å². The molecule has 1 amide bonds. The number of benzene rings is 2. The van der Waals surface area contributed by atoms with Gasteiger partial charge in [0.05, 0.1) is 13.2 Å². The topological polar surface area (TPSA) is 50.8 Å². The van der Waals surface area contributed by atoms with Crippen LogP contribution in [0.2, 0.25) is 0 Å². The number of carbonyl (C=O) groups is 1. The number of rotatable bonds is 8. The predicted molar refractivity (Wildman–Crippen MR) is 104 cm³/mol. The highest BCUT2D eigenvalue weighted by molar-refractivity contribution is 5.94. The Kier molecular flexibility index (Phi) is 6.50. The lowest BCUT2D eigenvalue weighted by Gasteiger charge is -2.30. The summed E-state index contributed by atoms with van der Waals surface area (Å²) in [6.07, 6.45) is 2.16. The summed E-state index contributed by atoms with van der Waals surface area (Å²) in [6, 6.07) is 15.8. The Morgan fingerprint density at radius 1 is 1.12 bits per heavy atom. The van der Waals surface area contributed by atoms with Gasteiger partial charge < -0.3 is 19.7 Å². The summed E-state index contributed by atoms with van der Waals surface area (Å²) in [5.74, 6) is 0.763. The third-order valence-electron chi connectivity index (χ3n) is 4.38. The van der Waals surface area contributed by atoms with Crippen molar-refractivity contribution in [3.05, 3.63) is 54.1 Å². The average molecular weight is 354 g/mol. The summed E-state index contributed by atoms with van der Waals surface area (Å²) < 4.78 is 10.8. The first-order valence-electron chi connectivity index (χ1n) is 9.19. The van der Waals surface area contributed by atoms with Gasteiger partial charge in [-0.2, -0.15) is 0 Å². The third kappa shape index (κ3) is 4.99. The number of amides is 1. The SMILES string of the molecule is CCOCCOc1ccc(NC(=O)CN2CCCc3ccccc32)cc1. The number of anilines is 2. The molecule has 0 atom stereocenters. The number of aryl methyl sites for hydroxylation is 1. The molecule has 0 spiro atoms. The van der Waals surface area contributed by atoms with E-state index in [0.29, 0.717) is 26.4 Å². The first-order chi connectivity index (χ1) is 12.8. The van der Waals surface area contributed by atoms with E-state index in [1.54, 1.807) is 0 Å². The van der Waals surface area contributed by atoms with Crippen LogP contribution in [0.25, 0.3) is 0 Å². The molecule has 0 aromatic heterocycles. The highest BCUT2D eigenvalue weighted by Gasteiger charge is 2.18. The highest BCUT2D eigenvalue weighted by Crippen LogP contribution is 2.26. The molecule has 1 N–H and O–H groups in total. The van der Waals surface area contributed by atoms with E-state index < -0.39 is 0 Å². The summed E-state index contributed by atoms with van der Waals surface area (Å²) in [5.41, 5.74) is 3.27. The Balaban J connectivity index is 1.51. The van der Waals surface area contributed by atoms with Crippen LogP contribution in [-0.2, 0) is 16.0 Å². The summed E-state index contributed by atoms with van der Waals surface area (Å²) in [4.78, 5) is 14.6. The van der Waals surface area contributed by atoms with Crippen molar-refractivity contribution in [2.75, 3.05) is 43.1 Å². The number of nitrogens with zero attached hydrogens (tertiary/aromatic N) is 1. The van der Waals surface area contributed by atoms with Crippen molar-refractivity contribution < 1.29 is 14.3 Å². The highest BCUT2D eigenvalue weighted by atomic mass is 16.5. The number of fused-ring (bicyclic) bond motifs is 1. The fraction of sp³-hybridized carbons (Fsp3) is 0.381. The van der Waals surface area contributed by atoms with Crippen LogP contribution in [0.4, 0.5) is 11.4 Å². The molecule has 5 nitrogen and oxygen atoms in total. The van der Waals surface area contributed by atoms with Crippen molar-refractivity contribution in [2.45, 2.75) is 19.8 Å². The fourth-order valence-electron chi connectivity index (χ4n) is 3.15. The molecule has 3 rings (SSSR count). The maximum atomic E-state index is 12.4. The van der Waals surface area contributed by atoms with Gasteiger partial charge in [0.2, 0.25) is 5.91 Å². The first kappa shape index (κ1) is 18.3. The Hall–Kier alpha value is -2.53. The maximum Gasteiger partial charge on any atom is 0.243 e. The molecular weight excluding hydrogens is 328 g/mol. The molecule has 2 aromatic rings. The monoisotopic (exact) mass is 354 g/mol. The smallest absolute Gasteiger partial charge is 0.243 e. The van der Waals surface area contributed by atoms with E-state index in [-0.39, 0.29) is 5.91 Å². The van der Waals surface area contributed by atoms with Crippen LogP contribution in [0.5, 0.6) is 5.75 Å². The molecule has 138 valence electrons. The largest absolute Gasteiger partial charge is 0.491 e. The zero-order valence-corrected chi connectivity index (χ0v) is 15.2. The lowest BCUT2D eigenvalue weighted by atomic mass is 10.0. The molecule has 1 heterocycles. The average Bonchev–Trinajstić information content (AvgIpc) is 2.67. The molecule has 0 bridgehead atoms. The molecule has 26 heavy (non-hydrogen) atoms. The van der Waals surface area contributed by atoms with E-state index in [2.05, 4.69) is 28.4 Å². The molecule has 1 aliphatic heterocycles. The van der Waals surface area contributed by atoms with E-state index in [4.69, 9.17) is 9.47 Å². The molecule has 2 aromatic carbocycles. The Morgan fingerprint density at radius 2 is 1.92 bits per heavy atom. The second kappa shape index (κ2) is 9.25. The minimum atomic E-state index is -0.00767. The number of carbonyl (C=O) groups excluding carboxylic acids is 1. The molecular formula is C21H26N2O3. The van der Waals surface area contributed by atoms with E-state index in [0.717, 1.165) is 30.8 Å². The Bertz CT molecular complexity index is 715. The molecule has 0 unspecified atom stereocenters. The van der Waals surface area contributed by atoms with Gasteiger partial charge in [0, 0.05) is 24.5 Å². The Morgan fingerprint density at radius 3 is 2.73 bits per heavy atom. The van der Waals surface area contributed by atoms with Gasteiger partial charge in [-0.1, -0.05) is 18.2 Å². The van der Waals surface area contributed by atoms with Crippen LogP contribution >= 0.6 is 0 Å². The molecule has 1 aliphatic rings. The third-order valence-corrected chi connectivity index (χ3v) is 4.38. The van der Waals surface area contributed by atoms with Crippen LogP contribution in [0.3, 0.4) is 0 Å². The van der Waals surface area contributed by atoms with Crippen LogP contribution in [0.1, 0.15) is 18.9 Å². The summed E-state index contributed by atoms with van der Waals surface area (Å²) >= 11 is 0. The van der Waals surface area contributed by atoms with Crippen LogP contribution in [0.15, 0.2) is 48.5 Å². The van der Waals surface area contributed by atoms with Crippen molar-refractivity contribution in [1.29, 1.82) is 0 Å². The molecule has 0 saturated heterocycles. The lowest BCUT2D eigenvalue weighted by molar-refractivity contribution is -0.115. The molecule has 0 radical (unpaired) electrons. The van der Waals surface area contributed by atoms with E-state index in [1.165, 1.54) is 11.3 Å². The number of nitrogens with one attached hydrogen (secondary N) is 1. The van der Waals surface area contributed by atoms with Crippen LogP contribution in [-0.4, -0.2) is 38.8 Å². The predicted octanol–water partition coefficient (Wildman–Crippen LogP) is 3.49. The minimum Gasteiger partial charge on any atom is -0.491 e. The second-order valence-electron chi connectivity index (χ2n) is 6.27. The van der Waals surface area contributed by atoms with Crippen LogP contribution < -0.4 is 15.0 Å². The first-order valence-corrected chi connectivity index (χ1v) is 9.19. The maximum absolute atomic E-state index is 12.4. The second-order valence-corrected chi connectivity index (χ2v) is 6.27. The van der Waals surface area contributed by atoms with Gasteiger partial charge >= 0.3 is 0 Å². The zero-order chi connectivity index (χ0) is 18.2. The van der Waals surface area contributed by atoms with Gasteiger partial charge in [-0.15, -0.1) is 0 Å².